The van der Waals surface area contributed by atoms with Crippen LogP contribution in [0.3, 0.4) is 0 Å². The number of carbonyl (C=O) groups excluding carboxylic acids is 1. The summed E-state index contributed by atoms with van der Waals surface area (Å²) in [6, 6.07) is 7.47. The first kappa shape index (κ1) is 14.1. The number of carbonyl (C=O) groups is 1. The van der Waals surface area contributed by atoms with Gasteiger partial charge in [-0.2, -0.15) is 0 Å². The second kappa shape index (κ2) is 6.21. The summed E-state index contributed by atoms with van der Waals surface area (Å²) in [6.45, 7) is 1.84. The van der Waals surface area contributed by atoms with Crippen LogP contribution in [0.2, 0.25) is 0 Å². The highest BCUT2D eigenvalue weighted by Gasteiger charge is 2.17. The van der Waals surface area contributed by atoms with E-state index in [4.69, 9.17) is 0 Å². The van der Waals surface area contributed by atoms with E-state index in [9.17, 15) is 4.79 Å². The molecule has 1 aromatic heterocycles. The molecule has 100 valence electrons. The molecule has 0 aliphatic carbocycles. The van der Waals surface area contributed by atoms with E-state index >= 15 is 0 Å². The van der Waals surface area contributed by atoms with E-state index in [0.29, 0.717) is 0 Å². The van der Waals surface area contributed by atoms with Gasteiger partial charge < -0.3 is 9.88 Å². The van der Waals surface area contributed by atoms with Crippen LogP contribution in [0, 0.1) is 0 Å². The molecule has 7 heteroatoms. The third kappa shape index (κ3) is 3.81. The van der Waals surface area contributed by atoms with Gasteiger partial charge in [0.25, 0.3) is 0 Å². The predicted octanol–water partition coefficient (Wildman–Crippen LogP) is 2.70. The number of nitrogens with zero attached hydrogens (tertiary/aromatic N) is 3. The predicted molar refractivity (Wildman–Crippen MR) is 79.1 cm³/mol. The summed E-state index contributed by atoms with van der Waals surface area (Å²) in [5.41, 5.74) is 0.776. The van der Waals surface area contributed by atoms with Crippen LogP contribution in [-0.4, -0.2) is 25.9 Å². The summed E-state index contributed by atoms with van der Waals surface area (Å²) in [5.74, 6) is -0.0599. The Hall–Kier alpha value is -1.34. The van der Waals surface area contributed by atoms with Crippen molar-refractivity contribution in [3.63, 3.8) is 0 Å². The SMILES string of the molecule is C[C@@H](Sc1nncn1C)C(=O)Nc1ccc(Br)cc1. The second-order valence-corrected chi connectivity index (χ2v) is 6.20. The maximum atomic E-state index is 12.0. The smallest absolute Gasteiger partial charge is 0.237 e. The fourth-order valence-corrected chi connectivity index (χ4v) is 2.42. The third-order valence-corrected chi connectivity index (χ3v) is 4.11. The fraction of sp³-hybridized carbons (Fsp3) is 0.250. The van der Waals surface area contributed by atoms with Gasteiger partial charge in [0.1, 0.15) is 6.33 Å². The lowest BCUT2D eigenvalue weighted by Gasteiger charge is -2.11. The molecule has 0 bridgehead atoms. The largest absolute Gasteiger partial charge is 0.325 e. The van der Waals surface area contributed by atoms with Gasteiger partial charge in [0.05, 0.1) is 5.25 Å². The zero-order valence-corrected chi connectivity index (χ0v) is 12.9. The fourth-order valence-electron chi connectivity index (χ4n) is 1.37. The molecule has 19 heavy (non-hydrogen) atoms. The summed E-state index contributed by atoms with van der Waals surface area (Å²) in [6.07, 6.45) is 1.61. The molecule has 0 aliphatic heterocycles. The van der Waals surface area contributed by atoms with Gasteiger partial charge in [0.2, 0.25) is 5.91 Å². The lowest BCUT2D eigenvalue weighted by Crippen LogP contribution is -2.22. The number of aromatic nitrogens is 3. The minimum absolute atomic E-state index is 0.0599. The van der Waals surface area contributed by atoms with Gasteiger partial charge in [-0.1, -0.05) is 27.7 Å². The molecule has 0 spiro atoms. The number of thioether (sulfide) groups is 1. The van der Waals surface area contributed by atoms with E-state index < -0.39 is 0 Å². The molecule has 5 nitrogen and oxygen atoms in total. The summed E-state index contributed by atoms with van der Waals surface area (Å²) < 4.78 is 2.76. The van der Waals surface area contributed by atoms with E-state index in [1.165, 1.54) is 11.8 Å². The first-order chi connectivity index (χ1) is 9.06. The summed E-state index contributed by atoms with van der Waals surface area (Å²) >= 11 is 4.73. The number of halogens is 1. The zero-order valence-electron chi connectivity index (χ0n) is 10.5. The Morgan fingerprint density at radius 1 is 1.42 bits per heavy atom. The summed E-state index contributed by atoms with van der Waals surface area (Å²) in [7, 11) is 1.85. The van der Waals surface area contributed by atoms with Crippen molar-refractivity contribution in [2.24, 2.45) is 7.05 Å². The van der Waals surface area contributed by atoms with Crippen molar-refractivity contribution in [2.75, 3.05) is 5.32 Å². The standard InChI is InChI=1S/C12H13BrN4OS/c1-8(19-12-16-14-7-17(12)2)11(18)15-10-5-3-9(13)4-6-10/h3-8H,1-2H3,(H,15,18)/t8-/m1/s1. The van der Waals surface area contributed by atoms with Gasteiger partial charge in [-0.25, -0.2) is 0 Å². The van der Waals surface area contributed by atoms with Gasteiger partial charge in [-0.05, 0) is 31.2 Å². The molecule has 1 atom stereocenters. The van der Waals surface area contributed by atoms with Gasteiger partial charge in [0.15, 0.2) is 5.16 Å². The maximum Gasteiger partial charge on any atom is 0.237 e. The van der Waals surface area contributed by atoms with Crippen molar-refractivity contribution < 1.29 is 4.79 Å². The van der Waals surface area contributed by atoms with E-state index in [2.05, 4.69) is 31.4 Å². The van der Waals surface area contributed by atoms with E-state index in [0.717, 1.165) is 15.3 Å². The Morgan fingerprint density at radius 2 is 2.11 bits per heavy atom. The molecule has 0 unspecified atom stereocenters. The molecule has 1 amide bonds. The van der Waals surface area contributed by atoms with Gasteiger partial charge in [0, 0.05) is 17.2 Å². The lowest BCUT2D eigenvalue weighted by molar-refractivity contribution is -0.115. The minimum atomic E-state index is -0.244. The van der Waals surface area contributed by atoms with E-state index in [-0.39, 0.29) is 11.2 Å². The Morgan fingerprint density at radius 3 is 2.68 bits per heavy atom. The molecule has 0 radical (unpaired) electrons. The number of hydrogen-bond donors (Lipinski definition) is 1. The highest BCUT2D eigenvalue weighted by molar-refractivity contribution is 9.10. The Bertz CT molecular complexity index is 569. The Balaban J connectivity index is 1.96. The molecular weight excluding hydrogens is 328 g/mol. The first-order valence-corrected chi connectivity index (χ1v) is 7.30. The number of benzene rings is 1. The highest BCUT2D eigenvalue weighted by atomic mass is 79.9. The minimum Gasteiger partial charge on any atom is -0.325 e. The molecule has 2 rings (SSSR count). The van der Waals surface area contributed by atoms with Crippen LogP contribution < -0.4 is 5.32 Å². The van der Waals surface area contributed by atoms with Crippen molar-refractivity contribution in [2.45, 2.75) is 17.3 Å². The van der Waals surface area contributed by atoms with Gasteiger partial charge in [-0.3, -0.25) is 4.79 Å². The van der Waals surface area contributed by atoms with Crippen molar-refractivity contribution in [1.29, 1.82) is 0 Å². The van der Waals surface area contributed by atoms with Crippen LogP contribution in [0.15, 0.2) is 40.2 Å². The summed E-state index contributed by atoms with van der Waals surface area (Å²) in [5, 5.41) is 11.1. The number of anilines is 1. The average Bonchev–Trinajstić information content (AvgIpc) is 2.78. The van der Waals surface area contributed by atoms with Crippen LogP contribution in [0.4, 0.5) is 5.69 Å². The molecule has 2 aromatic rings. The zero-order chi connectivity index (χ0) is 13.8. The number of aryl methyl sites for hydroxylation is 1. The van der Waals surface area contributed by atoms with Crippen molar-refractivity contribution in [3.8, 4) is 0 Å². The molecule has 0 saturated carbocycles. The van der Waals surface area contributed by atoms with Crippen molar-refractivity contribution in [1.82, 2.24) is 14.8 Å². The highest BCUT2D eigenvalue weighted by Crippen LogP contribution is 2.21. The van der Waals surface area contributed by atoms with Crippen LogP contribution in [-0.2, 0) is 11.8 Å². The number of hydrogen-bond acceptors (Lipinski definition) is 4. The normalized spacial score (nSPS) is 12.2. The average molecular weight is 341 g/mol. The van der Waals surface area contributed by atoms with E-state index in [1.54, 1.807) is 10.9 Å². The topological polar surface area (TPSA) is 59.8 Å². The quantitative estimate of drug-likeness (QED) is 0.869. The van der Waals surface area contributed by atoms with Crippen LogP contribution in [0.1, 0.15) is 6.92 Å². The molecule has 1 N–H and O–H groups in total. The van der Waals surface area contributed by atoms with Crippen LogP contribution in [0.25, 0.3) is 0 Å². The Kier molecular flexibility index (Phi) is 4.60. The number of nitrogens with one attached hydrogen (secondary N) is 1. The van der Waals surface area contributed by atoms with Crippen LogP contribution >= 0.6 is 27.7 Å². The monoisotopic (exact) mass is 340 g/mol. The first-order valence-electron chi connectivity index (χ1n) is 5.63. The molecule has 0 aliphatic rings. The third-order valence-electron chi connectivity index (χ3n) is 2.43. The Labute approximate surface area is 123 Å². The molecular formula is C12H13BrN4OS. The van der Waals surface area contributed by atoms with Crippen LogP contribution in [0.5, 0.6) is 0 Å². The van der Waals surface area contributed by atoms with Crippen molar-refractivity contribution >= 4 is 39.3 Å². The molecule has 0 fully saturated rings. The van der Waals surface area contributed by atoms with E-state index in [1.807, 2.05) is 38.2 Å². The van der Waals surface area contributed by atoms with Gasteiger partial charge in [-0.15, -0.1) is 10.2 Å². The second-order valence-electron chi connectivity index (χ2n) is 3.98. The lowest BCUT2D eigenvalue weighted by atomic mass is 10.3. The molecule has 0 saturated heterocycles. The number of rotatable bonds is 4. The maximum absolute atomic E-state index is 12.0. The van der Waals surface area contributed by atoms with Gasteiger partial charge >= 0.3 is 0 Å². The van der Waals surface area contributed by atoms with Crippen molar-refractivity contribution in [3.05, 3.63) is 35.1 Å². The molecule has 1 heterocycles. The summed E-state index contributed by atoms with van der Waals surface area (Å²) in [4.78, 5) is 12.0. The molecule has 1 aromatic carbocycles. The number of amides is 1.